The smallest absolute Gasteiger partial charge is 0.188 e. The second kappa shape index (κ2) is 7.73. The number of aliphatic hydroxyl groups is 1. The van der Waals surface area contributed by atoms with E-state index in [4.69, 9.17) is 9.47 Å². The lowest BCUT2D eigenvalue weighted by Gasteiger charge is -2.16. The quantitative estimate of drug-likeness (QED) is 0.657. The van der Waals surface area contributed by atoms with Gasteiger partial charge in [0.05, 0.1) is 6.61 Å². The largest absolute Gasteiger partial charge is 0.467 e. The van der Waals surface area contributed by atoms with Gasteiger partial charge in [-0.3, -0.25) is 0 Å². The Morgan fingerprint density at radius 1 is 1.00 bits per heavy atom. The molecule has 0 saturated carbocycles. The minimum Gasteiger partial charge on any atom is -0.467 e. The molecular weight excluding hydrogens is 295 g/mol. The van der Waals surface area contributed by atoms with Crippen molar-refractivity contribution >= 4 is 19.2 Å². The van der Waals surface area contributed by atoms with E-state index < -0.39 is 0 Å². The average Bonchev–Trinajstić information content (AvgIpc) is 2.48. The van der Waals surface area contributed by atoms with Crippen molar-refractivity contribution in [3.8, 4) is 5.75 Å². The number of aryl methyl sites for hydroxylation is 3. The maximum atomic E-state index is 9.59. The van der Waals surface area contributed by atoms with Gasteiger partial charge in [0.1, 0.15) is 5.75 Å². The first-order valence-corrected chi connectivity index (χ1v) is 8.25. The average molecular weight is 318 g/mol. The number of ether oxygens (including phenoxy) is 2. The van der Waals surface area contributed by atoms with Gasteiger partial charge in [0.25, 0.3) is 0 Å². The summed E-state index contributed by atoms with van der Waals surface area (Å²) >= 11 is 0. The van der Waals surface area contributed by atoms with Gasteiger partial charge in [-0.1, -0.05) is 38.4 Å². The number of aliphatic hydroxyl groups excluding tert-OH is 1. The van der Waals surface area contributed by atoms with Crippen molar-refractivity contribution in [1.29, 1.82) is 0 Å². The van der Waals surface area contributed by atoms with Gasteiger partial charge in [0.15, 0.2) is 6.79 Å². The molecule has 0 aliphatic rings. The van der Waals surface area contributed by atoms with Gasteiger partial charge in [0.2, 0.25) is 0 Å². The van der Waals surface area contributed by atoms with Crippen LogP contribution in [0.15, 0.2) is 30.3 Å². The molecule has 118 valence electrons. The van der Waals surface area contributed by atoms with Crippen molar-refractivity contribution in [2.24, 2.45) is 0 Å². The summed E-state index contributed by atoms with van der Waals surface area (Å²) in [5.74, 6) is 0.884. The highest BCUT2D eigenvalue weighted by atomic mass is 31.1. The Balaban J connectivity index is 2.40. The zero-order chi connectivity index (χ0) is 16.1. The van der Waals surface area contributed by atoms with E-state index in [1.54, 1.807) is 7.11 Å². The number of rotatable bonds is 6. The zero-order valence-electron chi connectivity index (χ0n) is 13.6. The van der Waals surface area contributed by atoms with Crippen LogP contribution in [0.5, 0.6) is 5.75 Å². The molecule has 0 radical (unpaired) electrons. The highest BCUT2D eigenvalue weighted by molar-refractivity contribution is 7.55. The Labute approximate surface area is 134 Å². The first-order chi connectivity index (χ1) is 10.5. The lowest BCUT2D eigenvalue weighted by Crippen LogP contribution is -2.14. The molecule has 4 heteroatoms. The first kappa shape index (κ1) is 17.0. The van der Waals surface area contributed by atoms with Crippen LogP contribution in [0, 0.1) is 20.8 Å². The Morgan fingerprint density at radius 3 is 2.45 bits per heavy atom. The van der Waals surface area contributed by atoms with Gasteiger partial charge in [0, 0.05) is 12.4 Å². The van der Waals surface area contributed by atoms with Crippen LogP contribution in [0.1, 0.15) is 22.3 Å². The van der Waals surface area contributed by atoms with Crippen molar-refractivity contribution in [1.82, 2.24) is 0 Å². The van der Waals surface area contributed by atoms with Crippen LogP contribution in [0.25, 0.3) is 0 Å². The van der Waals surface area contributed by atoms with Crippen molar-refractivity contribution < 1.29 is 14.6 Å². The van der Waals surface area contributed by atoms with Gasteiger partial charge in [-0.05, 0) is 48.8 Å². The summed E-state index contributed by atoms with van der Waals surface area (Å²) in [5, 5.41) is 11.9. The molecule has 0 amide bonds. The summed E-state index contributed by atoms with van der Waals surface area (Å²) in [6.45, 7) is 6.47. The Morgan fingerprint density at radius 2 is 1.77 bits per heavy atom. The van der Waals surface area contributed by atoms with Crippen molar-refractivity contribution in [2.75, 3.05) is 13.9 Å². The second-order valence-electron chi connectivity index (χ2n) is 5.45. The highest BCUT2D eigenvalue weighted by Crippen LogP contribution is 2.26. The van der Waals surface area contributed by atoms with E-state index in [1.165, 1.54) is 5.56 Å². The molecule has 1 N–H and O–H groups in total. The zero-order valence-corrected chi connectivity index (χ0v) is 14.6. The van der Waals surface area contributed by atoms with E-state index in [1.807, 2.05) is 19.9 Å². The van der Waals surface area contributed by atoms with Crippen molar-refractivity contribution in [3.63, 3.8) is 0 Å². The summed E-state index contributed by atoms with van der Waals surface area (Å²) in [7, 11) is 2.06. The topological polar surface area (TPSA) is 38.7 Å². The molecule has 3 nitrogen and oxygen atoms in total. The van der Waals surface area contributed by atoms with E-state index >= 15 is 0 Å². The summed E-state index contributed by atoms with van der Waals surface area (Å²) < 4.78 is 10.8. The molecule has 0 heterocycles. The predicted molar refractivity (Wildman–Crippen MR) is 93.1 cm³/mol. The molecule has 1 unspecified atom stereocenters. The van der Waals surface area contributed by atoms with Gasteiger partial charge in [-0.15, -0.1) is 0 Å². The molecule has 0 fully saturated rings. The number of hydrogen-bond donors (Lipinski definition) is 1. The predicted octanol–water partition coefficient (Wildman–Crippen LogP) is 2.72. The molecule has 0 aromatic heterocycles. The maximum Gasteiger partial charge on any atom is 0.188 e. The molecule has 2 aromatic carbocycles. The van der Waals surface area contributed by atoms with E-state index in [0.29, 0.717) is 8.58 Å². The molecule has 0 aliphatic carbocycles. The molecule has 0 saturated heterocycles. The standard InChI is InChI=1S/C18H23O3P/c1-12-5-6-16(15(8-12)10-19)22-17-9-13(2)7-14(3)18(17)21-11-20-4/h5-9,19,22H,10-11H2,1-4H3. The first-order valence-electron chi connectivity index (χ1n) is 7.25. The van der Waals surface area contributed by atoms with Crippen LogP contribution < -0.4 is 15.3 Å². The van der Waals surface area contributed by atoms with E-state index in [0.717, 1.165) is 33.0 Å². The van der Waals surface area contributed by atoms with E-state index in [9.17, 15) is 5.11 Å². The fourth-order valence-corrected chi connectivity index (χ4v) is 3.93. The minimum atomic E-state index is 0.0586. The van der Waals surface area contributed by atoms with Gasteiger partial charge in [-0.25, -0.2) is 0 Å². The third-order valence-corrected chi connectivity index (χ3v) is 4.84. The summed E-state index contributed by atoms with van der Waals surface area (Å²) in [6.07, 6.45) is 0. The van der Waals surface area contributed by atoms with Gasteiger partial charge in [-0.2, -0.15) is 0 Å². The minimum absolute atomic E-state index is 0.0586. The van der Waals surface area contributed by atoms with Crippen LogP contribution >= 0.6 is 8.58 Å². The van der Waals surface area contributed by atoms with Crippen molar-refractivity contribution in [3.05, 3.63) is 52.6 Å². The van der Waals surface area contributed by atoms with Crippen LogP contribution in [0.3, 0.4) is 0 Å². The van der Waals surface area contributed by atoms with Gasteiger partial charge >= 0.3 is 0 Å². The number of methoxy groups -OCH3 is 1. The lowest BCUT2D eigenvalue weighted by atomic mass is 10.1. The SMILES string of the molecule is COCOc1c(C)cc(C)cc1Pc1ccc(C)cc1CO. The molecule has 22 heavy (non-hydrogen) atoms. The fourth-order valence-electron chi connectivity index (χ4n) is 2.48. The third-order valence-electron chi connectivity index (χ3n) is 3.44. The third kappa shape index (κ3) is 4.07. The Bertz CT molecular complexity index is 653. The fraction of sp³-hybridized carbons (Fsp3) is 0.333. The summed E-state index contributed by atoms with van der Waals surface area (Å²) in [6, 6.07) is 10.5. The molecule has 2 aromatic rings. The number of benzene rings is 2. The van der Waals surface area contributed by atoms with E-state index in [-0.39, 0.29) is 13.4 Å². The summed E-state index contributed by atoms with van der Waals surface area (Å²) in [5.41, 5.74) is 4.46. The monoisotopic (exact) mass is 318 g/mol. The number of hydrogen-bond acceptors (Lipinski definition) is 3. The normalized spacial score (nSPS) is 11.3. The van der Waals surface area contributed by atoms with Crippen LogP contribution in [0.4, 0.5) is 0 Å². The summed E-state index contributed by atoms with van der Waals surface area (Å²) in [4.78, 5) is 0. The van der Waals surface area contributed by atoms with Gasteiger partial charge < -0.3 is 14.6 Å². The van der Waals surface area contributed by atoms with Crippen LogP contribution in [0.2, 0.25) is 0 Å². The van der Waals surface area contributed by atoms with E-state index in [2.05, 4.69) is 31.2 Å². The molecule has 0 aliphatic heterocycles. The molecular formula is C18H23O3P. The highest BCUT2D eigenvalue weighted by Gasteiger charge is 2.12. The van der Waals surface area contributed by atoms with Crippen LogP contribution in [-0.2, 0) is 11.3 Å². The Kier molecular flexibility index (Phi) is 5.96. The Hall–Kier alpha value is -1.41. The molecule has 0 bridgehead atoms. The second-order valence-corrected chi connectivity index (χ2v) is 6.78. The molecule has 0 spiro atoms. The maximum absolute atomic E-state index is 9.59. The van der Waals surface area contributed by atoms with Crippen molar-refractivity contribution in [2.45, 2.75) is 27.4 Å². The lowest BCUT2D eigenvalue weighted by molar-refractivity contribution is 0.0514. The molecule has 1 atom stereocenters. The van der Waals surface area contributed by atoms with Crippen LogP contribution in [-0.4, -0.2) is 19.0 Å². The molecule has 2 rings (SSSR count).